The van der Waals surface area contributed by atoms with Crippen LogP contribution in [0.3, 0.4) is 0 Å². The molecule has 3 rings (SSSR count). The molecular formula is C21H23NO4. The third-order valence-corrected chi connectivity index (χ3v) is 5.08. The van der Waals surface area contributed by atoms with Crippen LogP contribution in [0.15, 0.2) is 60.7 Å². The third-order valence-electron chi connectivity index (χ3n) is 5.08. The number of amides is 2. The molecule has 0 bridgehead atoms. The maximum atomic E-state index is 13.0. The highest BCUT2D eigenvalue weighted by Gasteiger charge is 2.45. The zero-order valence-electron chi connectivity index (χ0n) is 15.0. The zero-order chi connectivity index (χ0) is 18.7. The number of aliphatic hydroxyl groups is 1. The van der Waals surface area contributed by atoms with E-state index in [0.29, 0.717) is 12.0 Å². The van der Waals surface area contributed by atoms with E-state index in [1.165, 1.54) is 0 Å². The van der Waals surface area contributed by atoms with Gasteiger partial charge in [0.15, 0.2) is 0 Å². The van der Waals surface area contributed by atoms with Crippen molar-refractivity contribution in [3.63, 3.8) is 0 Å². The lowest BCUT2D eigenvalue weighted by molar-refractivity contribution is -0.141. The molecular weight excluding hydrogens is 330 g/mol. The number of cyclic esters (lactones) is 1. The molecule has 0 aliphatic carbocycles. The minimum Gasteiger partial charge on any atom is -0.447 e. The highest BCUT2D eigenvalue weighted by atomic mass is 16.6. The summed E-state index contributed by atoms with van der Waals surface area (Å²) in [7, 11) is 0. The Labute approximate surface area is 153 Å². The summed E-state index contributed by atoms with van der Waals surface area (Å²) in [5, 5.41) is 10.9. The van der Waals surface area contributed by atoms with Gasteiger partial charge in [-0.15, -0.1) is 0 Å². The Morgan fingerprint density at radius 3 is 2.38 bits per heavy atom. The van der Waals surface area contributed by atoms with Crippen molar-refractivity contribution in [1.29, 1.82) is 0 Å². The van der Waals surface area contributed by atoms with Crippen LogP contribution in [-0.2, 0) is 21.6 Å². The summed E-state index contributed by atoms with van der Waals surface area (Å²) in [6.07, 6.45) is -0.120. The standard InChI is InChI=1S/C21H23NO4/c1-15(21(2,25)17-11-7-4-8-12-17)19(23)22-18(14-26-20(22)24)13-16-9-5-3-6-10-16/h3-12,15,18,25H,13-14H2,1-2H3/t15-,18-,21+/m0/s1. The molecule has 1 aliphatic rings. The first kappa shape index (κ1) is 18.1. The number of hydrogen-bond acceptors (Lipinski definition) is 4. The number of ether oxygens (including phenoxy) is 1. The SMILES string of the molecule is C[C@@H](C(=O)N1C(=O)OC[C@@H]1Cc1ccccc1)[C@@](C)(O)c1ccccc1. The molecule has 1 heterocycles. The maximum Gasteiger partial charge on any atom is 0.416 e. The second kappa shape index (κ2) is 7.30. The van der Waals surface area contributed by atoms with E-state index < -0.39 is 23.5 Å². The molecule has 2 aromatic rings. The van der Waals surface area contributed by atoms with Crippen LogP contribution in [0, 0.1) is 5.92 Å². The lowest BCUT2D eigenvalue weighted by Crippen LogP contribution is -2.48. The first-order chi connectivity index (χ1) is 12.4. The van der Waals surface area contributed by atoms with Crippen molar-refractivity contribution in [3.8, 4) is 0 Å². The Bertz CT molecular complexity index is 773. The third kappa shape index (κ3) is 3.48. The minimum absolute atomic E-state index is 0.166. The van der Waals surface area contributed by atoms with Gasteiger partial charge in [0.1, 0.15) is 6.61 Å². The number of rotatable bonds is 5. The Hall–Kier alpha value is -2.66. The minimum atomic E-state index is -1.39. The van der Waals surface area contributed by atoms with E-state index >= 15 is 0 Å². The van der Waals surface area contributed by atoms with Crippen LogP contribution >= 0.6 is 0 Å². The number of nitrogens with zero attached hydrogens (tertiary/aromatic N) is 1. The van der Waals surface area contributed by atoms with Gasteiger partial charge in [0.05, 0.1) is 17.6 Å². The average molecular weight is 353 g/mol. The molecule has 0 saturated carbocycles. The number of carbonyl (C=O) groups is 2. The van der Waals surface area contributed by atoms with Gasteiger partial charge in [-0.25, -0.2) is 9.69 Å². The van der Waals surface area contributed by atoms with Crippen LogP contribution in [-0.4, -0.2) is 34.7 Å². The highest BCUT2D eigenvalue weighted by molar-refractivity contribution is 5.95. The zero-order valence-corrected chi connectivity index (χ0v) is 15.0. The largest absolute Gasteiger partial charge is 0.447 e. The van der Waals surface area contributed by atoms with Crippen molar-refractivity contribution in [2.75, 3.05) is 6.61 Å². The quantitative estimate of drug-likeness (QED) is 0.897. The van der Waals surface area contributed by atoms with E-state index in [9.17, 15) is 14.7 Å². The van der Waals surface area contributed by atoms with Crippen molar-refractivity contribution >= 4 is 12.0 Å². The molecule has 5 nitrogen and oxygen atoms in total. The molecule has 3 atom stereocenters. The number of hydrogen-bond donors (Lipinski definition) is 1. The van der Waals surface area contributed by atoms with Crippen LogP contribution < -0.4 is 0 Å². The summed E-state index contributed by atoms with van der Waals surface area (Å²) in [4.78, 5) is 26.4. The fourth-order valence-corrected chi connectivity index (χ4v) is 3.24. The summed E-state index contributed by atoms with van der Waals surface area (Å²) in [5.74, 6) is -1.23. The lowest BCUT2D eigenvalue weighted by atomic mass is 9.83. The molecule has 136 valence electrons. The van der Waals surface area contributed by atoms with E-state index in [1.807, 2.05) is 48.5 Å². The second-order valence-corrected chi connectivity index (χ2v) is 6.86. The summed E-state index contributed by atoms with van der Waals surface area (Å²) in [6, 6.07) is 18.3. The van der Waals surface area contributed by atoms with Gasteiger partial charge in [-0.2, -0.15) is 0 Å². The van der Waals surface area contributed by atoms with E-state index in [4.69, 9.17) is 4.74 Å². The number of carbonyl (C=O) groups excluding carboxylic acids is 2. The molecule has 1 N–H and O–H groups in total. The Morgan fingerprint density at radius 1 is 1.19 bits per heavy atom. The van der Waals surface area contributed by atoms with Crippen molar-refractivity contribution in [2.45, 2.75) is 31.9 Å². The first-order valence-corrected chi connectivity index (χ1v) is 8.73. The number of imide groups is 1. The fraction of sp³-hybridized carbons (Fsp3) is 0.333. The maximum absolute atomic E-state index is 13.0. The van der Waals surface area contributed by atoms with E-state index in [2.05, 4.69) is 0 Å². The van der Waals surface area contributed by atoms with Gasteiger partial charge in [0, 0.05) is 0 Å². The van der Waals surface area contributed by atoms with Crippen LogP contribution in [0.4, 0.5) is 4.79 Å². The summed E-state index contributed by atoms with van der Waals surface area (Å²) in [6.45, 7) is 3.40. The summed E-state index contributed by atoms with van der Waals surface area (Å²) < 4.78 is 5.12. The van der Waals surface area contributed by atoms with Gasteiger partial charge >= 0.3 is 6.09 Å². The topological polar surface area (TPSA) is 66.8 Å². The Kier molecular flexibility index (Phi) is 5.09. The summed E-state index contributed by atoms with van der Waals surface area (Å²) in [5.41, 5.74) is 0.266. The van der Waals surface area contributed by atoms with Gasteiger partial charge < -0.3 is 9.84 Å². The fourth-order valence-electron chi connectivity index (χ4n) is 3.24. The summed E-state index contributed by atoms with van der Waals surface area (Å²) >= 11 is 0. The molecule has 2 aromatic carbocycles. The molecule has 1 aliphatic heterocycles. The Balaban J connectivity index is 1.81. The molecule has 26 heavy (non-hydrogen) atoms. The predicted molar refractivity (Wildman–Crippen MR) is 97.3 cm³/mol. The van der Waals surface area contributed by atoms with Crippen molar-refractivity contribution in [2.24, 2.45) is 5.92 Å². The average Bonchev–Trinajstić information content (AvgIpc) is 3.02. The van der Waals surface area contributed by atoms with Crippen LogP contribution in [0.25, 0.3) is 0 Å². The molecule has 5 heteroatoms. The second-order valence-electron chi connectivity index (χ2n) is 6.86. The van der Waals surface area contributed by atoms with E-state index in [0.717, 1.165) is 10.5 Å². The number of benzene rings is 2. The highest BCUT2D eigenvalue weighted by Crippen LogP contribution is 2.32. The van der Waals surface area contributed by atoms with Gasteiger partial charge in [-0.1, -0.05) is 67.6 Å². The first-order valence-electron chi connectivity index (χ1n) is 8.73. The lowest BCUT2D eigenvalue weighted by Gasteiger charge is -2.33. The normalized spacial score (nSPS) is 20.3. The van der Waals surface area contributed by atoms with E-state index in [-0.39, 0.29) is 12.6 Å². The van der Waals surface area contributed by atoms with Crippen molar-refractivity contribution < 1.29 is 19.4 Å². The van der Waals surface area contributed by atoms with Gasteiger partial charge in [-0.05, 0) is 24.5 Å². The molecule has 0 spiro atoms. The molecule has 1 fully saturated rings. The molecule has 0 aromatic heterocycles. The Morgan fingerprint density at radius 2 is 1.77 bits per heavy atom. The van der Waals surface area contributed by atoms with Crippen LogP contribution in [0.5, 0.6) is 0 Å². The molecule has 0 unspecified atom stereocenters. The van der Waals surface area contributed by atoms with Gasteiger partial charge in [0.2, 0.25) is 5.91 Å². The van der Waals surface area contributed by atoms with Gasteiger partial charge in [-0.3, -0.25) is 4.79 Å². The van der Waals surface area contributed by atoms with Crippen molar-refractivity contribution in [1.82, 2.24) is 4.90 Å². The van der Waals surface area contributed by atoms with Crippen molar-refractivity contribution in [3.05, 3.63) is 71.8 Å². The smallest absolute Gasteiger partial charge is 0.416 e. The molecule has 2 amide bonds. The monoisotopic (exact) mass is 353 g/mol. The molecule has 0 radical (unpaired) electrons. The van der Waals surface area contributed by atoms with Crippen LogP contribution in [0.2, 0.25) is 0 Å². The predicted octanol–water partition coefficient (Wildman–Crippen LogP) is 3.12. The van der Waals surface area contributed by atoms with Crippen LogP contribution in [0.1, 0.15) is 25.0 Å². The molecule has 1 saturated heterocycles. The van der Waals surface area contributed by atoms with Gasteiger partial charge in [0.25, 0.3) is 0 Å². The van der Waals surface area contributed by atoms with E-state index in [1.54, 1.807) is 26.0 Å².